The molecule has 3 heteroatoms. The van der Waals surface area contributed by atoms with Gasteiger partial charge in [0.05, 0.1) is 0 Å². The molecule has 20 heavy (non-hydrogen) atoms. The molecule has 1 fully saturated rings. The van der Waals surface area contributed by atoms with Gasteiger partial charge in [0.1, 0.15) is 0 Å². The zero-order valence-electron chi connectivity index (χ0n) is 12.2. The molecule has 110 valence electrons. The van der Waals surface area contributed by atoms with Crippen molar-refractivity contribution in [2.45, 2.75) is 51.0 Å². The summed E-state index contributed by atoms with van der Waals surface area (Å²) in [4.78, 5) is 11.8. The second-order valence-corrected chi connectivity index (χ2v) is 5.84. The van der Waals surface area contributed by atoms with Crippen LogP contribution in [0.15, 0.2) is 30.3 Å². The third kappa shape index (κ3) is 4.97. The molecule has 0 aromatic heterocycles. The molecule has 0 spiro atoms. The first-order valence-corrected chi connectivity index (χ1v) is 7.83. The van der Waals surface area contributed by atoms with E-state index in [4.69, 9.17) is 5.73 Å². The minimum atomic E-state index is 0.00586. The topological polar surface area (TPSA) is 55.1 Å². The molecule has 0 heterocycles. The van der Waals surface area contributed by atoms with Crippen molar-refractivity contribution in [2.75, 3.05) is 6.54 Å². The van der Waals surface area contributed by atoms with Crippen molar-refractivity contribution in [3.05, 3.63) is 35.9 Å². The third-order valence-corrected chi connectivity index (χ3v) is 4.26. The molecule has 1 aliphatic rings. The Labute approximate surface area is 121 Å². The maximum Gasteiger partial charge on any atom is 0.220 e. The Morgan fingerprint density at radius 2 is 1.95 bits per heavy atom. The van der Waals surface area contributed by atoms with Crippen molar-refractivity contribution in [3.63, 3.8) is 0 Å². The molecule has 2 rings (SSSR count). The Balaban J connectivity index is 1.59. The Morgan fingerprint density at radius 3 is 2.65 bits per heavy atom. The van der Waals surface area contributed by atoms with Crippen LogP contribution in [0.1, 0.15) is 56.6 Å². The number of nitrogens with two attached hydrogens (primary N) is 1. The lowest BCUT2D eigenvalue weighted by Crippen LogP contribution is -2.27. The van der Waals surface area contributed by atoms with Gasteiger partial charge < -0.3 is 11.1 Å². The molecule has 1 aromatic rings. The van der Waals surface area contributed by atoms with Crippen LogP contribution in [-0.2, 0) is 4.79 Å². The normalized spacial score (nSPS) is 17.1. The Kier molecular flexibility index (Phi) is 6.06. The Hall–Kier alpha value is -1.35. The minimum absolute atomic E-state index is 0.00586. The van der Waals surface area contributed by atoms with E-state index >= 15 is 0 Å². The molecule has 0 aliphatic heterocycles. The van der Waals surface area contributed by atoms with Gasteiger partial charge in [0.15, 0.2) is 0 Å². The summed E-state index contributed by atoms with van der Waals surface area (Å²) < 4.78 is 0. The Morgan fingerprint density at radius 1 is 1.25 bits per heavy atom. The van der Waals surface area contributed by atoms with Crippen molar-refractivity contribution in [1.29, 1.82) is 0 Å². The summed E-state index contributed by atoms with van der Waals surface area (Å²) in [7, 11) is 0. The van der Waals surface area contributed by atoms with Gasteiger partial charge in [-0.25, -0.2) is 0 Å². The zero-order chi connectivity index (χ0) is 14.2. The van der Waals surface area contributed by atoms with Crippen LogP contribution in [0.2, 0.25) is 0 Å². The van der Waals surface area contributed by atoms with Gasteiger partial charge in [-0.1, -0.05) is 56.0 Å². The number of hydrogen-bond acceptors (Lipinski definition) is 2. The molecule has 1 amide bonds. The predicted octanol–water partition coefficient (Wildman–Crippen LogP) is 3.16. The molecule has 3 N–H and O–H groups in total. The standard InChI is InChI=1S/C17H26N2O/c18-16(15-8-2-1-3-9-15)12-13-19-17(20)11-10-14-6-4-5-7-14/h1-3,8-9,14,16H,4-7,10-13,18H2,(H,19,20). The van der Waals surface area contributed by atoms with Crippen LogP contribution < -0.4 is 11.1 Å². The summed E-state index contributed by atoms with van der Waals surface area (Å²) in [6.45, 7) is 0.666. The van der Waals surface area contributed by atoms with Gasteiger partial charge in [0, 0.05) is 19.0 Å². The molecule has 0 bridgehead atoms. The van der Waals surface area contributed by atoms with E-state index in [-0.39, 0.29) is 11.9 Å². The van der Waals surface area contributed by atoms with Crippen LogP contribution in [0.4, 0.5) is 0 Å². The lowest BCUT2D eigenvalue weighted by atomic mass is 10.0. The van der Waals surface area contributed by atoms with Gasteiger partial charge in [-0.15, -0.1) is 0 Å². The molecule has 1 aromatic carbocycles. The quantitative estimate of drug-likeness (QED) is 0.802. The zero-order valence-corrected chi connectivity index (χ0v) is 12.2. The highest BCUT2D eigenvalue weighted by Gasteiger charge is 2.16. The van der Waals surface area contributed by atoms with Gasteiger partial charge in [-0.2, -0.15) is 0 Å². The summed E-state index contributed by atoms with van der Waals surface area (Å²) in [5, 5.41) is 2.99. The minimum Gasteiger partial charge on any atom is -0.356 e. The van der Waals surface area contributed by atoms with E-state index in [1.807, 2.05) is 30.3 Å². The molecular formula is C17H26N2O. The molecular weight excluding hydrogens is 248 g/mol. The average Bonchev–Trinajstić information content (AvgIpc) is 2.99. The second kappa shape index (κ2) is 8.05. The molecule has 0 radical (unpaired) electrons. The van der Waals surface area contributed by atoms with E-state index in [9.17, 15) is 4.79 Å². The number of amides is 1. The first kappa shape index (κ1) is 15.0. The van der Waals surface area contributed by atoms with Gasteiger partial charge in [-0.05, 0) is 24.3 Å². The summed E-state index contributed by atoms with van der Waals surface area (Å²) >= 11 is 0. The molecule has 0 saturated heterocycles. The molecule has 1 unspecified atom stereocenters. The molecule has 1 aliphatic carbocycles. The van der Waals surface area contributed by atoms with E-state index < -0.39 is 0 Å². The molecule has 1 atom stereocenters. The lowest BCUT2D eigenvalue weighted by molar-refractivity contribution is -0.121. The highest BCUT2D eigenvalue weighted by Crippen LogP contribution is 2.28. The summed E-state index contributed by atoms with van der Waals surface area (Å²) in [6.07, 6.45) is 7.83. The first-order chi connectivity index (χ1) is 9.75. The maximum absolute atomic E-state index is 11.8. The fourth-order valence-corrected chi connectivity index (χ4v) is 2.96. The van der Waals surface area contributed by atoms with Crippen molar-refractivity contribution < 1.29 is 4.79 Å². The average molecular weight is 274 g/mol. The number of hydrogen-bond donors (Lipinski definition) is 2. The first-order valence-electron chi connectivity index (χ1n) is 7.83. The van der Waals surface area contributed by atoms with E-state index in [2.05, 4.69) is 5.32 Å². The van der Waals surface area contributed by atoms with E-state index in [1.165, 1.54) is 25.7 Å². The second-order valence-electron chi connectivity index (χ2n) is 5.84. The molecule has 3 nitrogen and oxygen atoms in total. The monoisotopic (exact) mass is 274 g/mol. The van der Waals surface area contributed by atoms with E-state index in [0.29, 0.717) is 13.0 Å². The fraction of sp³-hybridized carbons (Fsp3) is 0.588. The third-order valence-electron chi connectivity index (χ3n) is 4.26. The lowest BCUT2D eigenvalue weighted by Gasteiger charge is -2.13. The van der Waals surface area contributed by atoms with Crippen molar-refractivity contribution in [1.82, 2.24) is 5.32 Å². The van der Waals surface area contributed by atoms with E-state index in [1.54, 1.807) is 0 Å². The number of rotatable bonds is 7. The van der Waals surface area contributed by atoms with Crippen LogP contribution in [0.5, 0.6) is 0 Å². The summed E-state index contributed by atoms with van der Waals surface area (Å²) in [5.41, 5.74) is 7.24. The predicted molar refractivity (Wildman–Crippen MR) is 82.2 cm³/mol. The van der Waals surface area contributed by atoms with Gasteiger partial charge >= 0.3 is 0 Å². The van der Waals surface area contributed by atoms with Crippen LogP contribution in [0.3, 0.4) is 0 Å². The number of carbonyl (C=O) groups excluding carboxylic acids is 1. The summed E-state index contributed by atoms with van der Waals surface area (Å²) in [5.74, 6) is 0.962. The SMILES string of the molecule is NC(CCNC(=O)CCC1CCCC1)c1ccccc1. The van der Waals surface area contributed by atoms with Crippen LogP contribution in [0, 0.1) is 5.92 Å². The van der Waals surface area contributed by atoms with Crippen LogP contribution in [-0.4, -0.2) is 12.5 Å². The number of carbonyl (C=O) groups is 1. The maximum atomic E-state index is 11.8. The van der Waals surface area contributed by atoms with Gasteiger partial charge in [0.25, 0.3) is 0 Å². The van der Waals surface area contributed by atoms with Crippen molar-refractivity contribution in [3.8, 4) is 0 Å². The summed E-state index contributed by atoms with van der Waals surface area (Å²) in [6, 6.07) is 10.1. The van der Waals surface area contributed by atoms with Crippen molar-refractivity contribution in [2.24, 2.45) is 11.7 Å². The highest BCUT2D eigenvalue weighted by atomic mass is 16.1. The van der Waals surface area contributed by atoms with Crippen LogP contribution >= 0.6 is 0 Å². The molecule has 1 saturated carbocycles. The Bertz CT molecular complexity index is 399. The smallest absolute Gasteiger partial charge is 0.220 e. The van der Waals surface area contributed by atoms with Crippen molar-refractivity contribution >= 4 is 5.91 Å². The number of nitrogens with one attached hydrogen (secondary N) is 1. The largest absolute Gasteiger partial charge is 0.356 e. The number of benzene rings is 1. The fourth-order valence-electron chi connectivity index (χ4n) is 2.96. The highest BCUT2D eigenvalue weighted by molar-refractivity contribution is 5.75. The van der Waals surface area contributed by atoms with E-state index in [0.717, 1.165) is 24.3 Å². The van der Waals surface area contributed by atoms with Gasteiger partial charge in [-0.3, -0.25) is 4.79 Å². The van der Waals surface area contributed by atoms with Crippen LogP contribution in [0.25, 0.3) is 0 Å². The van der Waals surface area contributed by atoms with Gasteiger partial charge in [0.2, 0.25) is 5.91 Å².